The first-order valence-corrected chi connectivity index (χ1v) is 9.03. The van der Waals surface area contributed by atoms with Crippen molar-refractivity contribution in [3.63, 3.8) is 0 Å². The summed E-state index contributed by atoms with van der Waals surface area (Å²) in [4.78, 5) is 4.18. The molecule has 0 aliphatic rings. The van der Waals surface area contributed by atoms with Crippen LogP contribution in [0.3, 0.4) is 0 Å². The summed E-state index contributed by atoms with van der Waals surface area (Å²) < 4.78 is 33.3. The standard InChI is InChI=1S/C20H14BrF2N3O.ClH/c21-19-8-7-15(23)17(25-19)10-16(24)12-3-1-2-4-13(12)20-14-6-5-11(22)9-18(14)27-26-20;/h1-9,16H,10,24H2;1H/t16-;/m0./s1. The van der Waals surface area contributed by atoms with Gasteiger partial charge in [0, 0.05) is 29.5 Å². The molecule has 2 aromatic heterocycles. The zero-order valence-electron chi connectivity index (χ0n) is 14.4. The molecule has 8 heteroatoms. The summed E-state index contributed by atoms with van der Waals surface area (Å²) in [5.74, 6) is -0.806. The molecule has 0 unspecified atom stereocenters. The fourth-order valence-corrected chi connectivity index (χ4v) is 3.41. The minimum Gasteiger partial charge on any atom is -0.356 e. The summed E-state index contributed by atoms with van der Waals surface area (Å²) in [5, 5.41) is 4.78. The van der Waals surface area contributed by atoms with E-state index in [9.17, 15) is 8.78 Å². The summed E-state index contributed by atoms with van der Waals surface area (Å²) in [7, 11) is 0. The number of hydrogen-bond acceptors (Lipinski definition) is 4. The Hall–Kier alpha value is -2.35. The molecule has 0 radical (unpaired) electrons. The summed E-state index contributed by atoms with van der Waals surface area (Å²) >= 11 is 3.25. The molecule has 28 heavy (non-hydrogen) atoms. The van der Waals surface area contributed by atoms with E-state index in [1.807, 2.05) is 24.3 Å². The van der Waals surface area contributed by atoms with E-state index in [1.54, 1.807) is 12.1 Å². The lowest BCUT2D eigenvalue weighted by Gasteiger charge is -2.16. The van der Waals surface area contributed by atoms with Crippen molar-refractivity contribution >= 4 is 39.3 Å². The van der Waals surface area contributed by atoms with Crippen LogP contribution in [0, 0.1) is 11.6 Å². The Bertz CT molecular complexity index is 1140. The minimum atomic E-state index is -0.510. The summed E-state index contributed by atoms with van der Waals surface area (Å²) in [6, 6.07) is 14.1. The maximum Gasteiger partial charge on any atom is 0.170 e. The van der Waals surface area contributed by atoms with Crippen molar-refractivity contribution in [2.24, 2.45) is 5.73 Å². The van der Waals surface area contributed by atoms with Gasteiger partial charge in [-0.2, -0.15) is 0 Å². The molecule has 0 bridgehead atoms. The summed E-state index contributed by atoms with van der Waals surface area (Å²) in [5.41, 5.74) is 9.11. The first-order valence-electron chi connectivity index (χ1n) is 8.23. The smallest absolute Gasteiger partial charge is 0.170 e. The average Bonchev–Trinajstić information content (AvgIpc) is 3.07. The Morgan fingerprint density at radius 1 is 1.07 bits per heavy atom. The number of halogens is 4. The maximum absolute atomic E-state index is 14.1. The lowest BCUT2D eigenvalue weighted by Crippen LogP contribution is -2.16. The van der Waals surface area contributed by atoms with Crippen LogP contribution in [0.1, 0.15) is 17.3 Å². The topological polar surface area (TPSA) is 64.9 Å². The monoisotopic (exact) mass is 465 g/mol. The fourth-order valence-electron chi connectivity index (χ4n) is 3.06. The van der Waals surface area contributed by atoms with Gasteiger partial charge < -0.3 is 10.3 Å². The van der Waals surface area contributed by atoms with Gasteiger partial charge in [-0.1, -0.05) is 29.4 Å². The quantitative estimate of drug-likeness (QED) is 0.398. The van der Waals surface area contributed by atoms with Crippen LogP contribution < -0.4 is 5.73 Å². The van der Waals surface area contributed by atoms with Gasteiger partial charge in [0.2, 0.25) is 0 Å². The third kappa shape index (κ3) is 3.92. The highest BCUT2D eigenvalue weighted by molar-refractivity contribution is 9.10. The van der Waals surface area contributed by atoms with Crippen molar-refractivity contribution in [3.8, 4) is 11.3 Å². The van der Waals surface area contributed by atoms with Crippen LogP contribution in [0.2, 0.25) is 0 Å². The van der Waals surface area contributed by atoms with E-state index in [1.165, 1.54) is 18.2 Å². The SMILES string of the molecule is Cl.N[C@@H](Cc1nc(Br)ccc1F)c1ccccc1-c1noc2cc(F)ccc12. The number of nitrogens with two attached hydrogens (primary N) is 1. The number of pyridine rings is 1. The first kappa shape index (κ1) is 20.4. The highest BCUT2D eigenvalue weighted by Crippen LogP contribution is 2.33. The van der Waals surface area contributed by atoms with Crippen molar-refractivity contribution < 1.29 is 13.3 Å². The van der Waals surface area contributed by atoms with Crippen molar-refractivity contribution in [2.75, 3.05) is 0 Å². The van der Waals surface area contributed by atoms with E-state index in [2.05, 4.69) is 26.1 Å². The van der Waals surface area contributed by atoms with E-state index < -0.39 is 17.7 Å². The lowest BCUT2D eigenvalue weighted by atomic mass is 9.94. The van der Waals surface area contributed by atoms with Gasteiger partial charge in [-0.25, -0.2) is 13.8 Å². The van der Waals surface area contributed by atoms with E-state index in [0.29, 0.717) is 21.3 Å². The van der Waals surface area contributed by atoms with Crippen LogP contribution in [-0.4, -0.2) is 10.1 Å². The lowest BCUT2D eigenvalue weighted by molar-refractivity contribution is 0.457. The third-order valence-corrected chi connectivity index (χ3v) is 4.79. The largest absolute Gasteiger partial charge is 0.356 e. The molecule has 1 atom stereocenters. The van der Waals surface area contributed by atoms with Gasteiger partial charge in [0.25, 0.3) is 0 Å². The second-order valence-electron chi connectivity index (χ2n) is 6.13. The predicted octanol–water partition coefficient (Wildman–Crippen LogP) is 5.59. The van der Waals surface area contributed by atoms with Crippen LogP contribution in [0.25, 0.3) is 22.2 Å². The van der Waals surface area contributed by atoms with Crippen LogP contribution >= 0.6 is 28.3 Å². The van der Waals surface area contributed by atoms with Crippen LogP contribution in [0.4, 0.5) is 8.78 Å². The minimum absolute atomic E-state index is 0. The molecule has 2 heterocycles. The zero-order chi connectivity index (χ0) is 19.0. The van der Waals surface area contributed by atoms with E-state index >= 15 is 0 Å². The molecule has 0 spiro atoms. The molecule has 2 N–H and O–H groups in total. The highest BCUT2D eigenvalue weighted by Gasteiger charge is 2.19. The summed E-state index contributed by atoms with van der Waals surface area (Å²) in [6.45, 7) is 0. The van der Waals surface area contributed by atoms with Gasteiger partial charge in [-0.05, 0) is 45.8 Å². The molecule has 4 nitrogen and oxygen atoms in total. The molecule has 0 amide bonds. The molecule has 144 valence electrons. The number of rotatable bonds is 4. The number of nitrogens with zero attached hydrogens (tertiary/aromatic N) is 2. The van der Waals surface area contributed by atoms with Gasteiger partial charge in [0.15, 0.2) is 5.58 Å². The van der Waals surface area contributed by atoms with Crippen LogP contribution in [0.15, 0.2) is 63.7 Å². The second-order valence-corrected chi connectivity index (χ2v) is 6.94. The van der Waals surface area contributed by atoms with E-state index in [4.69, 9.17) is 10.3 Å². The van der Waals surface area contributed by atoms with E-state index in [0.717, 1.165) is 11.1 Å². The number of fused-ring (bicyclic) bond motifs is 1. The Labute approximate surface area is 174 Å². The van der Waals surface area contributed by atoms with Crippen molar-refractivity contribution in [2.45, 2.75) is 12.5 Å². The van der Waals surface area contributed by atoms with Gasteiger partial charge >= 0.3 is 0 Å². The molecule has 4 aromatic rings. The Morgan fingerprint density at radius 2 is 1.86 bits per heavy atom. The number of benzene rings is 2. The molecule has 0 saturated heterocycles. The molecule has 4 rings (SSSR count). The van der Waals surface area contributed by atoms with Gasteiger partial charge in [-0.15, -0.1) is 12.4 Å². The predicted molar refractivity (Wildman–Crippen MR) is 109 cm³/mol. The molecule has 0 saturated carbocycles. The van der Waals surface area contributed by atoms with Crippen molar-refractivity contribution in [1.82, 2.24) is 10.1 Å². The fraction of sp³-hybridized carbons (Fsp3) is 0.100. The molecular weight excluding hydrogens is 452 g/mol. The van der Waals surface area contributed by atoms with Crippen LogP contribution in [-0.2, 0) is 6.42 Å². The molecule has 0 aliphatic carbocycles. The first-order chi connectivity index (χ1) is 13.0. The Morgan fingerprint density at radius 3 is 2.68 bits per heavy atom. The normalized spacial score (nSPS) is 12.0. The molecule has 2 aromatic carbocycles. The second kappa shape index (κ2) is 8.34. The van der Waals surface area contributed by atoms with Crippen molar-refractivity contribution in [1.29, 1.82) is 0 Å². The molecular formula is C20H15BrClF2N3O. The summed E-state index contributed by atoms with van der Waals surface area (Å²) in [6.07, 6.45) is 0.215. The van der Waals surface area contributed by atoms with Gasteiger partial charge in [-0.3, -0.25) is 0 Å². The van der Waals surface area contributed by atoms with Crippen LogP contribution in [0.5, 0.6) is 0 Å². The van der Waals surface area contributed by atoms with Gasteiger partial charge in [0.05, 0.1) is 5.69 Å². The molecule has 0 aliphatic heterocycles. The number of hydrogen-bond donors (Lipinski definition) is 1. The van der Waals surface area contributed by atoms with E-state index in [-0.39, 0.29) is 24.5 Å². The zero-order valence-corrected chi connectivity index (χ0v) is 16.8. The molecule has 0 fully saturated rings. The van der Waals surface area contributed by atoms with Gasteiger partial charge in [0.1, 0.15) is 21.9 Å². The van der Waals surface area contributed by atoms with Crippen molar-refractivity contribution in [3.05, 3.63) is 82.1 Å². The number of aromatic nitrogens is 2. The Balaban J connectivity index is 0.00000225. The highest BCUT2D eigenvalue weighted by atomic mass is 79.9. The average molecular weight is 467 g/mol. The third-order valence-electron chi connectivity index (χ3n) is 4.35. The maximum atomic E-state index is 14.1. The Kier molecular flexibility index (Phi) is 6.07.